The Morgan fingerprint density at radius 1 is 1.07 bits per heavy atom. The molecule has 3 rings (SSSR count). The molecule has 1 amide bonds. The Kier molecular flexibility index (Phi) is 5.26. The quantitative estimate of drug-likeness (QED) is 0.768. The van der Waals surface area contributed by atoms with Crippen LogP contribution in [0.2, 0.25) is 0 Å². The highest BCUT2D eigenvalue weighted by Gasteiger charge is 2.43. The summed E-state index contributed by atoms with van der Waals surface area (Å²) in [5, 5.41) is 23.1. The predicted molar refractivity (Wildman–Crippen MR) is 93.2 cm³/mol. The number of rotatable bonds is 3. The summed E-state index contributed by atoms with van der Waals surface area (Å²) < 4.78 is 38.3. The lowest BCUT2D eigenvalue weighted by atomic mass is 9.92. The molecule has 2 aromatic rings. The molecule has 0 saturated heterocycles. The first-order chi connectivity index (χ1) is 12.7. The van der Waals surface area contributed by atoms with E-state index in [-0.39, 0.29) is 6.42 Å². The molecule has 3 N–H and O–H groups in total. The minimum Gasteiger partial charge on any atom is -0.390 e. The first kappa shape index (κ1) is 19.4. The maximum atomic E-state index is 12.8. The topological polar surface area (TPSA) is 69.6 Å². The van der Waals surface area contributed by atoms with Crippen molar-refractivity contribution < 1.29 is 28.2 Å². The first-order valence-corrected chi connectivity index (χ1v) is 8.58. The van der Waals surface area contributed by atoms with E-state index < -0.39 is 41.8 Å². The van der Waals surface area contributed by atoms with Gasteiger partial charge in [-0.05, 0) is 42.7 Å². The van der Waals surface area contributed by atoms with Gasteiger partial charge in [-0.2, -0.15) is 13.2 Å². The number of aliphatic hydroxyl groups is 2. The van der Waals surface area contributed by atoms with Crippen LogP contribution in [0.1, 0.15) is 39.4 Å². The SMILES string of the molecule is Cc1ccccc1C(=O)N[C@H]1[C@H](O)[C@H](O)C[C@@H]1c1ccc(C(F)(F)F)cc1. The van der Waals surface area contributed by atoms with Gasteiger partial charge >= 0.3 is 6.18 Å². The van der Waals surface area contributed by atoms with Crippen LogP contribution in [-0.2, 0) is 6.18 Å². The summed E-state index contributed by atoms with van der Waals surface area (Å²) in [6.45, 7) is 1.78. The molecule has 144 valence electrons. The van der Waals surface area contributed by atoms with Crippen molar-refractivity contribution in [2.45, 2.75) is 43.7 Å². The van der Waals surface area contributed by atoms with Gasteiger partial charge in [-0.3, -0.25) is 4.79 Å². The van der Waals surface area contributed by atoms with Crippen LogP contribution in [0, 0.1) is 6.92 Å². The van der Waals surface area contributed by atoms with Gasteiger partial charge in [-0.15, -0.1) is 0 Å². The third kappa shape index (κ3) is 3.99. The number of aliphatic hydroxyl groups excluding tert-OH is 2. The summed E-state index contributed by atoms with van der Waals surface area (Å²) in [5.74, 6) is -0.895. The molecule has 0 aromatic heterocycles. The smallest absolute Gasteiger partial charge is 0.390 e. The molecular weight excluding hydrogens is 359 g/mol. The molecule has 0 unspecified atom stereocenters. The molecule has 0 radical (unpaired) electrons. The van der Waals surface area contributed by atoms with Crippen LogP contribution in [0.25, 0.3) is 0 Å². The third-order valence-electron chi connectivity index (χ3n) is 5.04. The zero-order valence-electron chi connectivity index (χ0n) is 14.6. The van der Waals surface area contributed by atoms with Gasteiger partial charge in [-0.25, -0.2) is 0 Å². The van der Waals surface area contributed by atoms with E-state index in [0.717, 1.165) is 17.7 Å². The number of hydrogen-bond donors (Lipinski definition) is 3. The van der Waals surface area contributed by atoms with Gasteiger partial charge in [0.2, 0.25) is 0 Å². The van der Waals surface area contributed by atoms with Gasteiger partial charge in [0, 0.05) is 11.5 Å². The van der Waals surface area contributed by atoms with E-state index in [4.69, 9.17) is 0 Å². The number of nitrogens with one attached hydrogen (secondary N) is 1. The van der Waals surface area contributed by atoms with E-state index in [1.54, 1.807) is 31.2 Å². The Hall–Kier alpha value is -2.38. The minimum absolute atomic E-state index is 0.144. The van der Waals surface area contributed by atoms with Crippen molar-refractivity contribution >= 4 is 5.91 Å². The second kappa shape index (κ2) is 7.32. The molecule has 0 heterocycles. The maximum Gasteiger partial charge on any atom is 0.416 e. The Bertz CT molecular complexity index is 820. The number of alkyl halides is 3. The molecule has 0 spiro atoms. The Morgan fingerprint density at radius 2 is 1.70 bits per heavy atom. The zero-order valence-corrected chi connectivity index (χ0v) is 14.6. The highest BCUT2D eigenvalue weighted by molar-refractivity contribution is 5.95. The number of carbonyl (C=O) groups is 1. The first-order valence-electron chi connectivity index (χ1n) is 8.58. The van der Waals surface area contributed by atoms with Crippen molar-refractivity contribution in [2.75, 3.05) is 0 Å². The molecule has 27 heavy (non-hydrogen) atoms. The summed E-state index contributed by atoms with van der Waals surface area (Å²) in [7, 11) is 0. The standard InChI is InChI=1S/C20H20F3NO3/c1-11-4-2-3-5-14(11)19(27)24-17-15(10-16(25)18(17)26)12-6-8-13(9-7-12)20(21,22)23/h2-9,15-18,25-26H,10H2,1H3,(H,24,27)/t15-,16-,17-,18-/m1/s1. The predicted octanol–water partition coefficient (Wildman–Crippen LogP) is 3.02. The van der Waals surface area contributed by atoms with Crippen molar-refractivity contribution in [3.63, 3.8) is 0 Å². The van der Waals surface area contributed by atoms with E-state index in [1.807, 2.05) is 0 Å². The van der Waals surface area contributed by atoms with Gasteiger partial charge in [-0.1, -0.05) is 30.3 Å². The lowest BCUT2D eigenvalue weighted by molar-refractivity contribution is -0.137. The van der Waals surface area contributed by atoms with E-state index in [1.165, 1.54) is 12.1 Å². The molecule has 7 heteroatoms. The molecule has 4 nitrogen and oxygen atoms in total. The molecular formula is C20H20F3NO3. The third-order valence-corrected chi connectivity index (χ3v) is 5.04. The summed E-state index contributed by atoms with van der Waals surface area (Å²) in [5.41, 5.74) is 0.950. The Morgan fingerprint density at radius 3 is 2.30 bits per heavy atom. The fourth-order valence-corrected chi connectivity index (χ4v) is 3.53. The summed E-state index contributed by atoms with van der Waals surface area (Å²) >= 11 is 0. The molecule has 0 bridgehead atoms. The number of amides is 1. The lowest BCUT2D eigenvalue weighted by Gasteiger charge is -2.24. The molecule has 1 fully saturated rings. The second-order valence-corrected chi connectivity index (χ2v) is 6.83. The van der Waals surface area contributed by atoms with Crippen LogP contribution in [0.3, 0.4) is 0 Å². The number of aryl methyl sites for hydroxylation is 1. The Balaban J connectivity index is 1.84. The van der Waals surface area contributed by atoms with Crippen LogP contribution < -0.4 is 5.32 Å². The van der Waals surface area contributed by atoms with Gasteiger partial charge in [0.1, 0.15) is 6.10 Å². The summed E-state index contributed by atoms with van der Waals surface area (Å²) in [6, 6.07) is 10.7. The average Bonchev–Trinajstić information content (AvgIpc) is 2.90. The molecule has 0 aliphatic heterocycles. The molecule has 2 aromatic carbocycles. The van der Waals surface area contributed by atoms with Crippen molar-refractivity contribution in [2.24, 2.45) is 0 Å². The minimum atomic E-state index is -4.44. The monoisotopic (exact) mass is 379 g/mol. The van der Waals surface area contributed by atoms with E-state index in [2.05, 4.69) is 5.32 Å². The molecule has 1 saturated carbocycles. The number of hydrogen-bond acceptors (Lipinski definition) is 3. The van der Waals surface area contributed by atoms with Crippen molar-refractivity contribution in [1.82, 2.24) is 5.32 Å². The lowest BCUT2D eigenvalue weighted by Crippen LogP contribution is -2.45. The van der Waals surface area contributed by atoms with Crippen LogP contribution in [0.5, 0.6) is 0 Å². The number of carbonyl (C=O) groups excluding carboxylic acids is 1. The van der Waals surface area contributed by atoms with E-state index in [9.17, 15) is 28.2 Å². The van der Waals surface area contributed by atoms with Gasteiger partial charge in [0.05, 0.1) is 17.7 Å². The maximum absolute atomic E-state index is 12.8. The van der Waals surface area contributed by atoms with Crippen LogP contribution in [0.15, 0.2) is 48.5 Å². The van der Waals surface area contributed by atoms with Crippen LogP contribution in [-0.4, -0.2) is 34.4 Å². The largest absolute Gasteiger partial charge is 0.416 e. The number of benzene rings is 2. The molecule has 1 aliphatic carbocycles. The number of halogens is 3. The van der Waals surface area contributed by atoms with Gasteiger partial charge < -0.3 is 15.5 Å². The van der Waals surface area contributed by atoms with Crippen LogP contribution in [0.4, 0.5) is 13.2 Å². The van der Waals surface area contributed by atoms with Gasteiger partial charge in [0.15, 0.2) is 0 Å². The highest BCUT2D eigenvalue weighted by Crippen LogP contribution is 2.37. The van der Waals surface area contributed by atoms with E-state index in [0.29, 0.717) is 11.1 Å². The fraction of sp³-hybridized carbons (Fsp3) is 0.350. The van der Waals surface area contributed by atoms with Crippen LogP contribution >= 0.6 is 0 Å². The van der Waals surface area contributed by atoms with E-state index >= 15 is 0 Å². The summed E-state index contributed by atoms with van der Waals surface area (Å²) in [4.78, 5) is 12.6. The van der Waals surface area contributed by atoms with Crippen molar-refractivity contribution in [1.29, 1.82) is 0 Å². The molecule has 4 atom stereocenters. The fourth-order valence-electron chi connectivity index (χ4n) is 3.53. The summed E-state index contributed by atoms with van der Waals surface area (Å²) in [6.07, 6.45) is -6.57. The molecule has 1 aliphatic rings. The highest BCUT2D eigenvalue weighted by atomic mass is 19.4. The van der Waals surface area contributed by atoms with Crippen molar-refractivity contribution in [3.05, 3.63) is 70.8 Å². The normalized spacial score (nSPS) is 25.4. The average molecular weight is 379 g/mol. The Labute approximate surface area is 154 Å². The zero-order chi connectivity index (χ0) is 19.8. The van der Waals surface area contributed by atoms with Crippen molar-refractivity contribution in [3.8, 4) is 0 Å². The second-order valence-electron chi connectivity index (χ2n) is 6.83. The van der Waals surface area contributed by atoms with Gasteiger partial charge in [0.25, 0.3) is 5.91 Å².